The molecule has 0 bridgehead atoms. The first-order valence-electron chi connectivity index (χ1n) is 15.7. The first-order valence-corrected chi connectivity index (χ1v) is 16.8. The Hall–Kier alpha value is -3.88. The van der Waals surface area contributed by atoms with Crippen LogP contribution in [0.5, 0.6) is 0 Å². The van der Waals surface area contributed by atoms with Crippen LogP contribution in [0.1, 0.15) is 83.9 Å². The maximum atomic E-state index is 14.2. The van der Waals surface area contributed by atoms with E-state index in [0.717, 1.165) is 24.0 Å². The summed E-state index contributed by atoms with van der Waals surface area (Å²) in [5, 5.41) is 3.24. The quantitative estimate of drug-likeness (QED) is 0.125. The lowest BCUT2D eigenvalue weighted by Crippen LogP contribution is -2.41. The molecule has 1 aromatic heterocycles. The monoisotopic (exact) mass is 676 g/mol. The Morgan fingerprint density at radius 1 is 1.06 bits per heavy atom. The highest BCUT2D eigenvalue weighted by molar-refractivity contribution is 7.76. The molecule has 1 amide bonds. The average molecular weight is 677 g/mol. The predicted molar refractivity (Wildman–Crippen MR) is 180 cm³/mol. The van der Waals surface area contributed by atoms with Crippen molar-refractivity contribution in [1.29, 1.82) is 0 Å². The summed E-state index contributed by atoms with van der Waals surface area (Å²) < 4.78 is 62.4. The summed E-state index contributed by atoms with van der Waals surface area (Å²) in [7, 11) is 2.01. The molecule has 2 heterocycles. The van der Waals surface area contributed by atoms with E-state index < -0.39 is 41.4 Å². The van der Waals surface area contributed by atoms with Gasteiger partial charge in [0.05, 0.1) is 29.4 Å². The molecule has 1 saturated heterocycles. The van der Waals surface area contributed by atoms with E-state index in [1.807, 2.05) is 33.8 Å². The number of ether oxygens (including phenoxy) is 1. The number of furan rings is 1. The van der Waals surface area contributed by atoms with Crippen LogP contribution < -0.4 is 10.8 Å². The maximum absolute atomic E-state index is 14.2. The van der Waals surface area contributed by atoms with Crippen LogP contribution in [0.2, 0.25) is 0 Å². The number of benzene rings is 3. The molecular weight excluding hydrogens is 638 g/mol. The smallest absolute Gasteiger partial charge is 0.465 e. The molecule has 2 aliphatic rings. The molecule has 3 aromatic carbocycles. The molecule has 2 N–H and O–H groups in total. The number of amides is 1. The van der Waals surface area contributed by atoms with Gasteiger partial charge in [-0.15, -0.1) is 0 Å². The topological polar surface area (TPSA) is 128 Å². The zero-order chi connectivity index (χ0) is 34.5. The maximum Gasteiger partial charge on any atom is 0.495 e. The summed E-state index contributed by atoms with van der Waals surface area (Å²) in [4.78, 5) is 26.0. The Morgan fingerprint density at radius 2 is 1.77 bits per heavy atom. The number of hydrogen-bond acceptors (Lipinski definition) is 7. The molecule has 1 aliphatic carbocycles. The van der Waals surface area contributed by atoms with Crippen LogP contribution in [0.3, 0.4) is 0 Å². The second-order valence-electron chi connectivity index (χ2n) is 13.2. The largest absolute Gasteiger partial charge is 0.495 e. The second kappa shape index (κ2) is 12.9. The molecule has 2 fully saturated rings. The molecular formula is C35H38BFN2O8S. The van der Waals surface area contributed by atoms with Gasteiger partial charge < -0.3 is 23.8 Å². The lowest BCUT2D eigenvalue weighted by Gasteiger charge is -2.32. The van der Waals surface area contributed by atoms with E-state index in [1.54, 1.807) is 36.4 Å². The van der Waals surface area contributed by atoms with Crippen LogP contribution in [-0.2, 0) is 38.4 Å². The van der Waals surface area contributed by atoms with E-state index in [9.17, 15) is 22.7 Å². The summed E-state index contributed by atoms with van der Waals surface area (Å²) in [5.74, 6) is -0.962. The molecule has 1 aliphatic heterocycles. The van der Waals surface area contributed by atoms with Gasteiger partial charge in [-0.2, -0.15) is 4.31 Å². The van der Waals surface area contributed by atoms with Crippen LogP contribution in [0.25, 0.3) is 22.3 Å². The van der Waals surface area contributed by atoms with Crippen LogP contribution >= 0.6 is 0 Å². The second-order valence-corrected chi connectivity index (χ2v) is 14.2. The highest BCUT2D eigenvalue weighted by Crippen LogP contribution is 2.45. The Labute approximate surface area is 281 Å². The van der Waals surface area contributed by atoms with Crippen LogP contribution in [-0.4, -0.2) is 57.4 Å². The number of nitrogens with one attached hydrogen (secondary N) is 1. The highest BCUT2D eigenvalue weighted by atomic mass is 32.2. The number of esters is 1. The Kier molecular flexibility index (Phi) is 9.11. The molecule has 1 unspecified atom stereocenters. The van der Waals surface area contributed by atoms with Crippen molar-refractivity contribution in [3.63, 3.8) is 0 Å². The lowest BCUT2D eigenvalue weighted by molar-refractivity contribution is 0.00578. The average Bonchev–Trinajstić information content (AvgIpc) is 3.78. The van der Waals surface area contributed by atoms with Crippen molar-refractivity contribution in [2.75, 3.05) is 14.2 Å². The minimum Gasteiger partial charge on any atom is -0.465 e. The van der Waals surface area contributed by atoms with E-state index in [0.29, 0.717) is 33.1 Å². The van der Waals surface area contributed by atoms with Gasteiger partial charge in [0.15, 0.2) is 0 Å². The van der Waals surface area contributed by atoms with Gasteiger partial charge in [-0.05, 0) is 98.9 Å². The number of halogens is 1. The number of fused-ring (bicyclic) bond motifs is 1. The van der Waals surface area contributed by atoms with E-state index in [-0.39, 0.29) is 36.2 Å². The number of methoxy groups -OCH3 is 1. The van der Waals surface area contributed by atoms with Crippen LogP contribution in [0, 0.1) is 5.82 Å². The third kappa shape index (κ3) is 6.45. The van der Waals surface area contributed by atoms with E-state index in [2.05, 4.69) is 5.32 Å². The lowest BCUT2D eigenvalue weighted by atomic mass is 9.75. The van der Waals surface area contributed by atoms with Gasteiger partial charge in [0.25, 0.3) is 5.91 Å². The summed E-state index contributed by atoms with van der Waals surface area (Å²) in [6.07, 6.45) is 1.88. The summed E-state index contributed by atoms with van der Waals surface area (Å²) in [6, 6.07) is 14.7. The van der Waals surface area contributed by atoms with Gasteiger partial charge in [0.2, 0.25) is 11.3 Å². The van der Waals surface area contributed by atoms with Crippen molar-refractivity contribution in [3.8, 4) is 11.3 Å². The van der Waals surface area contributed by atoms with Crippen LogP contribution in [0.4, 0.5) is 4.39 Å². The fraction of sp³-hybridized carbons (Fsp3) is 0.371. The van der Waals surface area contributed by atoms with Crippen LogP contribution in [0.15, 0.2) is 59.0 Å². The van der Waals surface area contributed by atoms with Gasteiger partial charge in [-0.25, -0.2) is 13.4 Å². The van der Waals surface area contributed by atoms with Crippen molar-refractivity contribution in [2.45, 2.75) is 70.7 Å². The molecule has 0 radical (unpaired) electrons. The summed E-state index contributed by atoms with van der Waals surface area (Å²) in [5.41, 5.74) is 2.91. The number of nitrogens with zero attached hydrogens (tertiary/aromatic N) is 1. The number of carbonyl (C=O) groups excluding carboxylic acids is 2. The fourth-order valence-corrected chi connectivity index (χ4v) is 6.53. The third-order valence-electron chi connectivity index (χ3n) is 9.46. The SMILES string of the molecule is CNC(=O)c1c(-c2cccc(F)c2)oc2cc(CN(Cc3ccc(B4OC(C)(C)C(C)(C)O4)c(C(=O)OC)c3)S(=O)O)c(C3CC3)cc12. The first kappa shape index (κ1) is 34.0. The van der Waals surface area contributed by atoms with Crippen molar-refractivity contribution >= 4 is 46.7 Å². The minimum atomic E-state index is -2.40. The third-order valence-corrected chi connectivity index (χ3v) is 10.2. The summed E-state index contributed by atoms with van der Waals surface area (Å²) >= 11 is -2.40. The van der Waals surface area contributed by atoms with Gasteiger partial charge in [0.1, 0.15) is 17.2 Å². The number of carbonyl (C=O) groups is 2. The van der Waals surface area contributed by atoms with Gasteiger partial charge >= 0.3 is 13.1 Å². The van der Waals surface area contributed by atoms with Crippen molar-refractivity contribution in [2.24, 2.45) is 0 Å². The molecule has 1 atom stereocenters. The molecule has 252 valence electrons. The zero-order valence-corrected chi connectivity index (χ0v) is 28.5. The minimum absolute atomic E-state index is 0.0229. The number of hydrogen-bond donors (Lipinski definition) is 2. The van der Waals surface area contributed by atoms with Crippen molar-refractivity contribution in [1.82, 2.24) is 9.62 Å². The van der Waals surface area contributed by atoms with E-state index >= 15 is 0 Å². The van der Waals surface area contributed by atoms with Gasteiger partial charge in [-0.3, -0.25) is 9.35 Å². The highest BCUT2D eigenvalue weighted by Gasteiger charge is 2.52. The van der Waals surface area contributed by atoms with E-state index in [1.165, 1.54) is 30.6 Å². The predicted octanol–water partition coefficient (Wildman–Crippen LogP) is 5.70. The zero-order valence-electron chi connectivity index (χ0n) is 27.7. The standard InChI is InChI=1S/C35H38BFN2O8S/c1-34(2)35(3,4)47-36(46-34)28-13-10-20(14-26(28)33(41)44-6)18-39(48(42)43)19-23-16-29-27(17-25(23)21-11-12-21)30(32(40)38-5)31(45-29)22-8-7-9-24(37)15-22/h7-10,13-17,21H,11-12,18-19H2,1-6H3,(H,38,40)(H,42,43). The molecule has 4 aromatic rings. The molecule has 0 spiro atoms. The Balaban J connectivity index is 1.36. The Morgan fingerprint density at radius 3 is 2.38 bits per heavy atom. The normalized spacial score (nSPS) is 17.6. The van der Waals surface area contributed by atoms with Crippen molar-refractivity contribution < 1.29 is 41.2 Å². The van der Waals surface area contributed by atoms with Crippen molar-refractivity contribution in [3.05, 3.63) is 88.2 Å². The van der Waals surface area contributed by atoms with E-state index in [4.69, 9.17) is 18.5 Å². The summed E-state index contributed by atoms with van der Waals surface area (Å²) in [6.45, 7) is 7.78. The molecule has 6 rings (SSSR count). The number of rotatable bonds is 10. The fourth-order valence-electron chi connectivity index (χ4n) is 6.02. The van der Waals surface area contributed by atoms with Gasteiger partial charge in [0, 0.05) is 31.1 Å². The molecule has 1 saturated carbocycles. The molecule has 10 nitrogen and oxygen atoms in total. The molecule has 13 heteroatoms. The molecule has 48 heavy (non-hydrogen) atoms. The first-order chi connectivity index (χ1) is 22.7. The Bertz CT molecular complexity index is 1920. The van der Waals surface area contributed by atoms with Gasteiger partial charge in [-0.1, -0.05) is 24.3 Å².